The molecule has 0 aromatic heterocycles. The van der Waals surface area contributed by atoms with E-state index in [2.05, 4.69) is 6.42 Å². The fourth-order valence-electron chi connectivity index (χ4n) is 1.19. The maximum absolute atomic E-state index is 12.4. The predicted octanol–water partition coefficient (Wildman–Crippen LogP) is 3.30. The first-order valence-corrected chi connectivity index (χ1v) is 4.61. The van der Waals surface area contributed by atoms with Gasteiger partial charge >= 0.3 is 12.4 Å². The topological polar surface area (TPSA) is 29.1 Å². The van der Waals surface area contributed by atoms with Crippen LogP contribution in [0.3, 0.4) is 0 Å². The first kappa shape index (κ1) is 14.9. The van der Waals surface area contributed by atoms with Gasteiger partial charge in [0, 0.05) is 5.69 Å². The smallest absolute Gasteiger partial charge is 0.315 e. The molecule has 0 aliphatic carbocycles. The van der Waals surface area contributed by atoms with Gasteiger partial charge in [0.05, 0.1) is 11.1 Å². The number of anilines is 1. The molecule has 1 rings (SSSR count). The largest absolute Gasteiger partial charge is 0.416 e. The summed E-state index contributed by atoms with van der Waals surface area (Å²) in [6.45, 7) is 0. The van der Waals surface area contributed by atoms with Gasteiger partial charge in [0.25, 0.3) is 5.91 Å². The summed E-state index contributed by atoms with van der Waals surface area (Å²) in [5.74, 6) is 0.371. The number of halogens is 6. The van der Waals surface area contributed by atoms with E-state index in [4.69, 9.17) is 0 Å². The summed E-state index contributed by atoms with van der Waals surface area (Å²) in [4.78, 5) is 10.8. The molecule has 0 aliphatic rings. The van der Waals surface area contributed by atoms with E-state index in [0.717, 1.165) is 0 Å². The normalized spacial score (nSPS) is 11.8. The molecule has 0 aliphatic heterocycles. The van der Waals surface area contributed by atoms with Crippen LogP contribution in [0.5, 0.6) is 0 Å². The molecule has 0 spiro atoms. The fraction of sp³-hybridized carbons (Fsp3) is 0.182. The molecule has 1 aromatic carbocycles. The van der Waals surface area contributed by atoms with Gasteiger partial charge in [-0.15, -0.1) is 6.42 Å². The van der Waals surface area contributed by atoms with Crippen LogP contribution in [0.2, 0.25) is 0 Å². The second kappa shape index (κ2) is 4.84. The van der Waals surface area contributed by atoms with Crippen molar-refractivity contribution in [1.82, 2.24) is 0 Å². The maximum atomic E-state index is 12.4. The van der Waals surface area contributed by atoms with Crippen LogP contribution in [0.15, 0.2) is 18.2 Å². The molecular formula is C11H5F6NO. The number of terminal acetylenes is 1. The third-order valence-electron chi connectivity index (χ3n) is 1.98. The number of alkyl halides is 6. The van der Waals surface area contributed by atoms with E-state index in [0.29, 0.717) is 12.1 Å². The van der Waals surface area contributed by atoms with E-state index >= 15 is 0 Å². The first-order valence-electron chi connectivity index (χ1n) is 4.61. The third kappa shape index (κ3) is 3.91. The molecule has 8 heteroatoms. The second-order valence-corrected chi connectivity index (χ2v) is 3.39. The third-order valence-corrected chi connectivity index (χ3v) is 1.98. The monoisotopic (exact) mass is 281 g/mol. The molecule has 19 heavy (non-hydrogen) atoms. The summed E-state index contributed by atoms with van der Waals surface area (Å²) in [6, 6.07) is 0.681. The van der Waals surface area contributed by atoms with Gasteiger partial charge in [0.1, 0.15) is 0 Å². The molecule has 0 saturated carbocycles. The van der Waals surface area contributed by atoms with Gasteiger partial charge in [-0.2, -0.15) is 26.3 Å². The number of carbonyl (C=O) groups excluding carboxylic acids is 1. The second-order valence-electron chi connectivity index (χ2n) is 3.39. The lowest BCUT2D eigenvalue weighted by Gasteiger charge is -2.14. The van der Waals surface area contributed by atoms with Gasteiger partial charge in [-0.25, -0.2) is 0 Å². The maximum Gasteiger partial charge on any atom is 0.416 e. The number of hydrogen-bond acceptors (Lipinski definition) is 1. The molecule has 0 saturated heterocycles. The summed E-state index contributed by atoms with van der Waals surface area (Å²) in [7, 11) is 0. The molecule has 102 valence electrons. The molecule has 0 bridgehead atoms. The van der Waals surface area contributed by atoms with Crippen LogP contribution < -0.4 is 5.32 Å². The van der Waals surface area contributed by atoms with Crippen LogP contribution >= 0.6 is 0 Å². The molecule has 1 N–H and O–H groups in total. The molecular weight excluding hydrogens is 276 g/mol. The van der Waals surface area contributed by atoms with Gasteiger partial charge in [-0.3, -0.25) is 4.79 Å². The number of benzene rings is 1. The van der Waals surface area contributed by atoms with Crippen molar-refractivity contribution in [1.29, 1.82) is 0 Å². The van der Waals surface area contributed by atoms with E-state index in [1.807, 2.05) is 0 Å². The highest BCUT2D eigenvalue weighted by atomic mass is 19.4. The van der Waals surface area contributed by atoms with Gasteiger partial charge in [-0.05, 0) is 24.1 Å². The molecule has 2 nitrogen and oxygen atoms in total. The van der Waals surface area contributed by atoms with Crippen LogP contribution in [0, 0.1) is 12.3 Å². The van der Waals surface area contributed by atoms with Crippen molar-refractivity contribution >= 4 is 11.6 Å². The zero-order valence-electron chi connectivity index (χ0n) is 8.99. The summed E-state index contributed by atoms with van der Waals surface area (Å²) >= 11 is 0. The molecule has 0 unspecified atom stereocenters. The van der Waals surface area contributed by atoms with Gasteiger partial charge in [0.2, 0.25) is 0 Å². The van der Waals surface area contributed by atoms with Gasteiger partial charge in [-0.1, -0.05) is 0 Å². The Morgan fingerprint density at radius 2 is 1.42 bits per heavy atom. The van der Waals surface area contributed by atoms with Crippen molar-refractivity contribution in [2.24, 2.45) is 0 Å². The Hall–Kier alpha value is -2.17. The van der Waals surface area contributed by atoms with Crippen LogP contribution in [-0.4, -0.2) is 5.91 Å². The highest BCUT2D eigenvalue weighted by Crippen LogP contribution is 2.37. The first-order chi connectivity index (χ1) is 8.54. The highest BCUT2D eigenvalue weighted by Gasteiger charge is 2.37. The zero-order valence-corrected chi connectivity index (χ0v) is 8.99. The minimum Gasteiger partial charge on any atom is -0.315 e. The van der Waals surface area contributed by atoms with Crippen molar-refractivity contribution in [3.8, 4) is 12.3 Å². The van der Waals surface area contributed by atoms with Crippen molar-refractivity contribution in [3.63, 3.8) is 0 Å². The molecule has 0 radical (unpaired) electrons. The summed E-state index contributed by atoms with van der Waals surface area (Å²) < 4.78 is 74.6. The summed E-state index contributed by atoms with van der Waals surface area (Å²) in [5, 5.41) is 1.74. The summed E-state index contributed by atoms with van der Waals surface area (Å²) in [6.07, 6.45) is -5.29. The molecule has 1 amide bonds. The molecule has 0 fully saturated rings. The quantitative estimate of drug-likeness (QED) is 0.621. The Morgan fingerprint density at radius 1 is 1.00 bits per heavy atom. The van der Waals surface area contributed by atoms with Crippen LogP contribution in [0.1, 0.15) is 11.1 Å². The number of nitrogens with one attached hydrogen (secondary N) is 1. The SMILES string of the molecule is C#CC(=O)Nc1cc(C(F)(F)F)cc(C(F)(F)F)c1. The lowest BCUT2D eigenvalue weighted by atomic mass is 10.1. The minimum absolute atomic E-state index is 0.0501. The highest BCUT2D eigenvalue weighted by molar-refractivity contribution is 6.03. The summed E-state index contributed by atoms with van der Waals surface area (Å²) in [5.41, 5.74) is -3.74. The average molecular weight is 281 g/mol. The lowest BCUT2D eigenvalue weighted by Crippen LogP contribution is -2.14. The number of carbonyl (C=O) groups is 1. The Bertz CT molecular complexity index is 505. The molecule has 1 aromatic rings. The van der Waals surface area contributed by atoms with Crippen molar-refractivity contribution < 1.29 is 31.1 Å². The van der Waals surface area contributed by atoms with E-state index in [-0.39, 0.29) is 6.07 Å². The van der Waals surface area contributed by atoms with Crippen molar-refractivity contribution in [2.75, 3.05) is 5.32 Å². The number of amides is 1. The van der Waals surface area contributed by atoms with E-state index in [9.17, 15) is 31.1 Å². The van der Waals surface area contributed by atoms with Crippen LogP contribution in [0.25, 0.3) is 0 Å². The van der Waals surface area contributed by atoms with E-state index in [1.165, 1.54) is 5.92 Å². The van der Waals surface area contributed by atoms with Crippen LogP contribution in [-0.2, 0) is 17.1 Å². The van der Waals surface area contributed by atoms with Crippen LogP contribution in [0.4, 0.5) is 32.0 Å². The van der Waals surface area contributed by atoms with Gasteiger partial charge < -0.3 is 5.32 Å². The Labute approximate surface area is 103 Å². The van der Waals surface area contributed by atoms with Crippen molar-refractivity contribution in [2.45, 2.75) is 12.4 Å². The number of hydrogen-bond donors (Lipinski definition) is 1. The lowest BCUT2D eigenvalue weighted by molar-refractivity contribution is -0.143. The number of rotatable bonds is 1. The average Bonchev–Trinajstić information content (AvgIpc) is 2.26. The standard InChI is InChI=1S/C11H5F6NO/c1-2-9(19)18-8-4-6(10(12,13)14)3-7(5-8)11(15,16)17/h1,3-5H,(H,18,19). The Balaban J connectivity index is 3.34. The zero-order chi connectivity index (χ0) is 14.8. The Kier molecular flexibility index (Phi) is 3.79. The minimum atomic E-state index is -4.98. The van der Waals surface area contributed by atoms with E-state index < -0.39 is 35.1 Å². The molecule has 0 heterocycles. The molecule has 0 atom stereocenters. The van der Waals surface area contributed by atoms with Gasteiger partial charge in [0.15, 0.2) is 0 Å². The van der Waals surface area contributed by atoms with Crippen molar-refractivity contribution in [3.05, 3.63) is 29.3 Å². The predicted molar refractivity (Wildman–Crippen MR) is 53.9 cm³/mol. The van der Waals surface area contributed by atoms with E-state index in [1.54, 1.807) is 5.32 Å². The fourth-order valence-corrected chi connectivity index (χ4v) is 1.19. The Morgan fingerprint density at radius 3 is 1.74 bits per heavy atom.